The summed E-state index contributed by atoms with van der Waals surface area (Å²) in [5.41, 5.74) is 14.0. The molecule has 3 aromatic rings. The van der Waals surface area contributed by atoms with E-state index in [1.807, 2.05) is 22.4 Å². The molecule has 0 saturated carbocycles. The number of anilines is 1. The van der Waals surface area contributed by atoms with Crippen LogP contribution in [0.2, 0.25) is 0 Å². The molecule has 11 nitrogen and oxygen atoms in total. The summed E-state index contributed by atoms with van der Waals surface area (Å²) in [7, 11) is 0. The highest BCUT2D eigenvalue weighted by Crippen LogP contribution is 2.36. The molecule has 198 valence electrons. The molecule has 1 unspecified atom stereocenters. The number of carbonyl (C=O) groups is 3. The number of benzene rings is 1. The lowest BCUT2D eigenvalue weighted by Gasteiger charge is -2.42. The summed E-state index contributed by atoms with van der Waals surface area (Å²) in [5.74, 6) is 0.602. The van der Waals surface area contributed by atoms with E-state index in [1.54, 1.807) is 30.5 Å². The second-order valence-electron chi connectivity index (χ2n) is 10.4. The van der Waals surface area contributed by atoms with E-state index in [2.05, 4.69) is 9.98 Å². The number of likely N-dealkylation sites (tertiary alicyclic amines) is 1. The minimum Gasteiger partial charge on any atom is -0.387 e. The Balaban J connectivity index is 1.45. The fraction of sp³-hybridized carbons (Fsp3) is 0.407. The van der Waals surface area contributed by atoms with Crippen LogP contribution in [0, 0.1) is 5.41 Å². The Hall–Kier alpha value is -4.12. The van der Waals surface area contributed by atoms with Crippen LogP contribution in [0.4, 0.5) is 5.82 Å². The standard InChI is InChI=1S/C27H31N7O4/c1-16(35)12-20(28)31-25(36)18-7-5-17(6-8-18)21-22-23(29)30-9-11-34(22)24(32-21)19-4-3-10-33(13-19)26(37)27(2)14-38-15-27/h5-9,11,19H,3-4,10,12-15H2,1-2H3,(H2,29,30)(H2,28,31,36). The monoisotopic (exact) mass is 517 g/mol. The smallest absolute Gasteiger partial charge is 0.278 e. The molecule has 2 aliphatic heterocycles. The topological polar surface area (TPSA) is 158 Å². The molecule has 4 heterocycles. The molecule has 0 radical (unpaired) electrons. The molecule has 2 amide bonds. The van der Waals surface area contributed by atoms with E-state index in [-0.39, 0.29) is 29.9 Å². The number of ketones is 1. The van der Waals surface area contributed by atoms with Gasteiger partial charge in [0, 0.05) is 42.5 Å². The molecule has 1 atom stereocenters. The highest BCUT2D eigenvalue weighted by atomic mass is 16.5. The molecule has 0 aliphatic carbocycles. The second kappa shape index (κ2) is 9.97. The number of Topliss-reactive ketones (excluding diaryl/α,β-unsaturated/α-hetero) is 1. The Bertz CT molecular complexity index is 1440. The maximum Gasteiger partial charge on any atom is 0.278 e. The van der Waals surface area contributed by atoms with Crippen molar-refractivity contribution in [2.45, 2.75) is 39.0 Å². The molecule has 0 bridgehead atoms. The molecule has 1 aromatic carbocycles. The summed E-state index contributed by atoms with van der Waals surface area (Å²) in [6.45, 7) is 5.55. The molecule has 2 aliphatic rings. The van der Waals surface area contributed by atoms with Gasteiger partial charge >= 0.3 is 0 Å². The van der Waals surface area contributed by atoms with Crippen molar-refractivity contribution in [3.05, 3.63) is 48.0 Å². The molecule has 0 spiro atoms. The number of ether oxygens (including phenoxy) is 1. The van der Waals surface area contributed by atoms with Crippen LogP contribution in [-0.4, -0.2) is 69.0 Å². The summed E-state index contributed by atoms with van der Waals surface area (Å²) >= 11 is 0. The van der Waals surface area contributed by atoms with Crippen LogP contribution >= 0.6 is 0 Å². The Kier molecular flexibility index (Phi) is 6.70. The number of rotatable bonds is 6. The minimum atomic E-state index is -0.524. The third-order valence-electron chi connectivity index (χ3n) is 7.12. The van der Waals surface area contributed by atoms with Crippen molar-refractivity contribution in [3.63, 3.8) is 0 Å². The van der Waals surface area contributed by atoms with Gasteiger partial charge in [-0.1, -0.05) is 12.1 Å². The molecule has 11 heteroatoms. The second-order valence-corrected chi connectivity index (χ2v) is 10.4. The van der Waals surface area contributed by atoms with Gasteiger partial charge in [-0.15, -0.1) is 0 Å². The van der Waals surface area contributed by atoms with Crippen LogP contribution in [0.5, 0.6) is 0 Å². The highest BCUT2D eigenvalue weighted by Gasteiger charge is 2.44. The van der Waals surface area contributed by atoms with Crippen molar-refractivity contribution >= 4 is 34.8 Å². The number of piperidine rings is 1. The fourth-order valence-electron chi connectivity index (χ4n) is 5.12. The molecule has 2 fully saturated rings. The van der Waals surface area contributed by atoms with Gasteiger partial charge in [0.2, 0.25) is 5.91 Å². The average molecular weight is 518 g/mol. The van der Waals surface area contributed by atoms with Gasteiger partial charge < -0.3 is 21.1 Å². The third kappa shape index (κ3) is 4.76. The number of aromatic nitrogens is 3. The van der Waals surface area contributed by atoms with Gasteiger partial charge in [-0.2, -0.15) is 4.99 Å². The largest absolute Gasteiger partial charge is 0.387 e. The van der Waals surface area contributed by atoms with Crippen molar-refractivity contribution < 1.29 is 19.1 Å². The van der Waals surface area contributed by atoms with Crippen LogP contribution < -0.4 is 11.5 Å². The maximum absolute atomic E-state index is 13.2. The number of fused-ring (bicyclic) bond motifs is 1. The van der Waals surface area contributed by atoms with Crippen LogP contribution in [-0.2, 0) is 14.3 Å². The van der Waals surface area contributed by atoms with E-state index in [4.69, 9.17) is 21.2 Å². The minimum absolute atomic E-state index is 0.0194. The predicted octanol–water partition coefficient (Wildman–Crippen LogP) is 2.20. The van der Waals surface area contributed by atoms with Crippen molar-refractivity contribution in [2.75, 3.05) is 32.0 Å². The number of hydrogen-bond acceptors (Lipinski definition) is 7. The number of carbonyl (C=O) groups excluding carboxylic acids is 3. The molecular weight excluding hydrogens is 486 g/mol. The number of aliphatic imine (C=N–C) groups is 1. The van der Waals surface area contributed by atoms with E-state index in [0.29, 0.717) is 42.4 Å². The summed E-state index contributed by atoms with van der Waals surface area (Å²) in [5, 5.41) is 0. The van der Waals surface area contributed by atoms with Gasteiger partial charge in [0.25, 0.3) is 5.91 Å². The van der Waals surface area contributed by atoms with E-state index in [1.165, 1.54) is 6.92 Å². The molecule has 38 heavy (non-hydrogen) atoms. The van der Waals surface area contributed by atoms with E-state index in [9.17, 15) is 14.4 Å². The molecule has 2 saturated heterocycles. The van der Waals surface area contributed by atoms with Gasteiger partial charge in [-0.25, -0.2) is 9.97 Å². The Morgan fingerprint density at radius 2 is 1.95 bits per heavy atom. The van der Waals surface area contributed by atoms with Crippen molar-refractivity contribution in [1.29, 1.82) is 0 Å². The van der Waals surface area contributed by atoms with Crippen LogP contribution in [0.15, 0.2) is 41.7 Å². The van der Waals surface area contributed by atoms with Crippen LogP contribution in [0.1, 0.15) is 55.2 Å². The quantitative estimate of drug-likeness (QED) is 0.372. The Morgan fingerprint density at radius 1 is 1.21 bits per heavy atom. The Labute approximate surface area is 219 Å². The molecular formula is C27H31N7O4. The third-order valence-corrected chi connectivity index (χ3v) is 7.12. The van der Waals surface area contributed by atoms with Crippen LogP contribution in [0.25, 0.3) is 16.8 Å². The number of hydrogen-bond donors (Lipinski definition) is 2. The first-order chi connectivity index (χ1) is 18.2. The van der Waals surface area contributed by atoms with Crippen LogP contribution in [0.3, 0.4) is 0 Å². The molecule has 5 rings (SSSR count). The normalized spacial score (nSPS) is 19.3. The summed E-state index contributed by atoms with van der Waals surface area (Å²) < 4.78 is 7.26. The average Bonchev–Trinajstić information content (AvgIpc) is 3.27. The SMILES string of the molecule is CC(=O)CC(N)=NC(=O)c1ccc(-c2nc(C3CCCN(C(=O)C4(C)COC4)C3)n3ccnc(N)c23)cc1. The van der Waals surface area contributed by atoms with Gasteiger partial charge in [-0.3, -0.25) is 18.8 Å². The van der Waals surface area contributed by atoms with Gasteiger partial charge in [0.1, 0.15) is 34.5 Å². The number of imidazole rings is 1. The van der Waals surface area contributed by atoms with E-state index < -0.39 is 11.3 Å². The van der Waals surface area contributed by atoms with Gasteiger partial charge in [0.15, 0.2) is 0 Å². The predicted molar refractivity (Wildman–Crippen MR) is 142 cm³/mol. The first-order valence-electron chi connectivity index (χ1n) is 12.6. The zero-order valence-electron chi connectivity index (χ0n) is 21.5. The lowest BCUT2D eigenvalue weighted by atomic mass is 9.85. The zero-order valence-corrected chi connectivity index (χ0v) is 21.5. The number of nitrogens with two attached hydrogens (primary N) is 2. The number of amides is 2. The van der Waals surface area contributed by atoms with Crippen molar-refractivity contribution in [1.82, 2.24) is 19.3 Å². The van der Waals surface area contributed by atoms with Crippen molar-refractivity contribution in [3.8, 4) is 11.3 Å². The molecule has 2 aromatic heterocycles. The van der Waals surface area contributed by atoms with Gasteiger partial charge in [-0.05, 0) is 38.8 Å². The van der Waals surface area contributed by atoms with Crippen molar-refractivity contribution in [2.24, 2.45) is 16.1 Å². The first-order valence-corrected chi connectivity index (χ1v) is 12.6. The maximum atomic E-state index is 13.2. The van der Waals surface area contributed by atoms with E-state index >= 15 is 0 Å². The highest BCUT2D eigenvalue weighted by molar-refractivity contribution is 6.07. The van der Waals surface area contributed by atoms with Gasteiger partial charge in [0.05, 0.1) is 25.0 Å². The lowest BCUT2D eigenvalue weighted by molar-refractivity contribution is -0.170. The number of nitrogens with zero attached hydrogens (tertiary/aromatic N) is 5. The first kappa shape index (κ1) is 25.5. The molecule has 4 N–H and O–H groups in total. The Morgan fingerprint density at radius 3 is 2.61 bits per heavy atom. The summed E-state index contributed by atoms with van der Waals surface area (Å²) in [6.07, 6.45) is 5.18. The summed E-state index contributed by atoms with van der Waals surface area (Å²) in [4.78, 5) is 51.9. The van der Waals surface area contributed by atoms with E-state index in [0.717, 1.165) is 30.8 Å². The lowest BCUT2D eigenvalue weighted by Crippen LogP contribution is -2.55. The zero-order chi connectivity index (χ0) is 27.0. The fourth-order valence-corrected chi connectivity index (χ4v) is 5.12. The number of nitrogen functional groups attached to an aromatic ring is 1. The summed E-state index contributed by atoms with van der Waals surface area (Å²) in [6, 6.07) is 6.83. The number of amidine groups is 1.